The highest BCUT2D eigenvalue weighted by Crippen LogP contribution is 2.30. The molecule has 1 aromatic carbocycles. The Balaban J connectivity index is 1.33. The molecule has 2 aliphatic rings. The molecule has 2 aliphatic heterocycles. The van der Waals surface area contributed by atoms with Crippen molar-refractivity contribution in [2.24, 2.45) is 0 Å². The Hall–Kier alpha value is -3.26. The first-order valence-corrected chi connectivity index (χ1v) is 12.1. The molecule has 34 heavy (non-hydrogen) atoms. The van der Waals surface area contributed by atoms with E-state index in [4.69, 9.17) is 9.97 Å². The monoisotopic (exact) mass is 461 g/mol. The molecule has 0 aliphatic carbocycles. The normalized spacial score (nSPS) is 16.4. The van der Waals surface area contributed by atoms with E-state index in [-0.39, 0.29) is 5.82 Å². The SMILES string of the molecule is CCN(C)c1nc(N2CCN(c3ccc(F)cc3)CC2)nc2c1CN(Cc1ccncc1)CC2. The predicted molar refractivity (Wildman–Crippen MR) is 134 cm³/mol. The lowest BCUT2D eigenvalue weighted by molar-refractivity contribution is 0.243. The van der Waals surface area contributed by atoms with Crippen molar-refractivity contribution in [2.75, 3.05) is 61.0 Å². The Morgan fingerprint density at radius 1 is 0.912 bits per heavy atom. The Kier molecular flexibility index (Phi) is 6.58. The first-order chi connectivity index (χ1) is 16.6. The maximum atomic E-state index is 13.3. The van der Waals surface area contributed by atoms with Crippen molar-refractivity contribution < 1.29 is 4.39 Å². The van der Waals surface area contributed by atoms with Crippen molar-refractivity contribution in [1.29, 1.82) is 0 Å². The summed E-state index contributed by atoms with van der Waals surface area (Å²) >= 11 is 0. The Morgan fingerprint density at radius 3 is 2.32 bits per heavy atom. The van der Waals surface area contributed by atoms with E-state index in [0.717, 1.165) is 76.2 Å². The number of hydrogen-bond donors (Lipinski definition) is 0. The Morgan fingerprint density at radius 2 is 1.62 bits per heavy atom. The van der Waals surface area contributed by atoms with Crippen LogP contribution in [0, 0.1) is 5.82 Å². The maximum absolute atomic E-state index is 13.3. The molecule has 7 nitrogen and oxygen atoms in total. The van der Waals surface area contributed by atoms with E-state index in [9.17, 15) is 4.39 Å². The molecule has 1 fully saturated rings. The third kappa shape index (κ3) is 4.82. The number of piperazine rings is 1. The zero-order valence-electron chi connectivity index (χ0n) is 20.0. The number of aromatic nitrogens is 3. The molecule has 0 radical (unpaired) electrons. The van der Waals surface area contributed by atoms with E-state index >= 15 is 0 Å². The molecule has 4 heterocycles. The minimum atomic E-state index is -0.197. The van der Waals surface area contributed by atoms with Crippen LogP contribution in [0.5, 0.6) is 0 Å². The first-order valence-electron chi connectivity index (χ1n) is 12.1. The van der Waals surface area contributed by atoms with Crippen LogP contribution in [0.15, 0.2) is 48.8 Å². The zero-order valence-corrected chi connectivity index (χ0v) is 20.0. The van der Waals surface area contributed by atoms with Crippen molar-refractivity contribution in [1.82, 2.24) is 19.9 Å². The number of benzene rings is 1. The van der Waals surface area contributed by atoms with Crippen LogP contribution < -0.4 is 14.7 Å². The lowest BCUT2D eigenvalue weighted by atomic mass is 10.0. The van der Waals surface area contributed by atoms with Gasteiger partial charge in [0, 0.05) is 89.5 Å². The van der Waals surface area contributed by atoms with Crippen LogP contribution in [0.1, 0.15) is 23.7 Å². The summed E-state index contributed by atoms with van der Waals surface area (Å²) in [5, 5.41) is 0. The number of fused-ring (bicyclic) bond motifs is 1. The molecule has 0 unspecified atom stereocenters. The van der Waals surface area contributed by atoms with Gasteiger partial charge in [-0.15, -0.1) is 0 Å². The van der Waals surface area contributed by atoms with Crippen molar-refractivity contribution in [2.45, 2.75) is 26.4 Å². The molecule has 0 bridgehead atoms. The summed E-state index contributed by atoms with van der Waals surface area (Å²) < 4.78 is 13.3. The summed E-state index contributed by atoms with van der Waals surface area (Å²) in [4.78, 5) is 23.5. The minimum absolute atomic E-state index is 0.197. The van der Waals surface area contributed by atoms with Crippen LogP contribution in [0.3, 0.4) is 0 Å². The smallest absolute Gasteiger partial charge is 0.227 e. The van der Waals surface area contributed by atoms with Gasteiger partial charge in [0.2, 0.25) is 5.95 Å². The second-order valence-corrected chi connectivity index (χ2v) is 9.05. The van der Waals surface area contributed by atoms with Gasteiger partial charge in [0.1, 0.15) is 11.6 Å². The number of halogens is 1. The van der Waals surface area contributed by atoms with Gasteiger partial charge in [0.15, 0.2) is 0 Å². The van der Waals surface area contributed by atoms with Crippen LogP contribution in [0.2, 0.25) is 0 Å². The molecule has 0 saturated carbocycles. The molecule has 3 aromatic rings. The van der Waals surface area contributed by atoms with Crippen LogP contribution in [0.25, 0.3) is 0 Å². The van der Waals surface area contributed by atoms with Crippen molar-refractivity contribution in [3.05, 3.63) is 71.4 Å². The maximum Gasteiger partial charge on any atom is 0.227 e. The summed E-state index contributed by atoms with van der Waals surface area (Å²) in [5.41, 5.74) is 4.76. The third-order valence-corrected chi connectivity index (χ3v) is 6.85. The van der Waals surface area contributed by atoms with Crippen LogP contribution in [-0.4, -0.2) is 66.2 Å². The molecule has 1 saturated heterocycles. The molecule has 8 heteroatoms. The highest BCUT2D eigenvalue weighted by Gasteiger charge is 2.27. The van der Waals surface area contributed by atoms with Crippen molar-refractivity contribution in [3.63, 3.8) is 0 Å². The van der Waals surface area contributed by atoms with E-state index in [1.165, 1.54) is 29.0 Å². The number of anilines is 3. The Labute approximate surface area is 200 Å². The molecule has 0 N–H and O–H groups in total. The van der Waals surface area contributed by atoms with Gasteiger partial charge in [-0.25, -0.2) is 9.37 Å². The summed E-state index contributed by atoms with van der Waals surface area (Å²) in [5.74, 6) is 1.68. The summed E-state index contributed by atoms with van der Waals surface area (Å²) in [7, 11) is 2.11. The fourth-order valence-corrected chi connectivity index (χ4v) is 4.74. The van der Waals surface area contributed by atoms with E-state index in [2.05, 4.69) is 50.7 Å². The van der Waals surface area contributed by atoms with E-state index < -0.39 is 0 Å². The lowest BCUT2D eigenvalue weighted by Crippen LogP contribution is -2.47. The second kappa shape index (κ2) is 9.93. The Bertz CT molecular complexity index is 1100. The lowest BCUT2D eigenvalue weighted by Gasteiger charge is -2.37. The summed E-state index contributed by atoms with van der Waals surface area (Å²) in [6.07, 6.45) is 4.64. The van der Waals surface area contributed by atoms with Gasteiger partial charge in [-0.1, -0.05) is 0 Å². The van der Waals surface area contributed by atoms with Crippen LogP contribution in [0.4, 0.5) is 21.8 Å². The van der Waals surface area contributed by atoms with Gasteiger partial charge in [0.25, 0.3) is 0 Å². The van der Waals surface area contributed by atoms with Crippen LogP contribution >= 0.6 is 0 Å². The number of hydrogen-bond acceptors (Lipinski definition) is 7. The fourth-order valence-electron chi connectivity index (χ4n) is 4.74. The molecule has 2 aromatic heterocycles. The number of nitrogens with zero attached hydrogens (tertiary/aromatic N) is 7. The third-order valence-electron chi connectivity index (χ3n) is 6.85. The fraction of sp³-hybridized carbons (Fsp3) is 0.423. The molecule has 0 spiro atoms. The summed E-state index contributed by atoms with van der Waals surface area (Å²) in [6.45, 7) is 9.23. The molecular formula is C26H32FN7. The molecule has 5 rings (SSSR count). The molecule has 178 valence electrons. The van der Waals surface area contributed by atoms with Gasteiger partial charge in [-0.3, -0.25) is 9.88 Å². The second-order valence-electron chi connectivity index (χ2n) is 9.05. The highest BCUT2D eigenvalue weighted by atomic mass is 19.1. The van der Waals surface area contributed by atoms with Gasteiger partial charge in [-0.2, -0.15) is 4.98 Å². The van der Waals surface area contributed by atoms with Gasteiger partial charge < -0.3 is 14.7 Å². The van der Waals surface area contributed by atoms with Gasteiger partial charge >= 0.3 is 0 Å². The summed E-state index contributed by atoms with van der Waals surface area (Å²) in [6, 6.07) is 10.9. The van der Waals surface area contributed by atoms with Gasteiger partial charge in [0.05, 0.1) is 5.69 Å². The molecule has 0 amide bonds. The van der Waals surface area contributed by atoms with Crippen molar-refractivity contribution >= 4 is 17.5 Å². The van der Waals surface area contributed by atoms with Gasteiger partial charge in [-0.05, 0) is 48.9 Å². The molecular weight excluding hydrogens is 429 g/mol. The minimum Gasteiger partial charge on any atom is -0.368 e. The first kappa shape index (κ1) is 22.5. The zero-order chi connectivity index (χ0) is 23.5. The average molecular weight is 462 g/mol. The largest absolute Gasteiger partial charge is 0.368 e. The van der Waals surface area contributed by atoms with Crippen LogP contribution in [-0.2, 0) is 19.5 Å². The number of pyridine rings is 1. The highest BCUT2D eigenvalue weighted by molar-refractivity contribution is 5.55. The van der Waals surface area contributed by atoms with E-state index in [1.54, 1.807) is 0 Å². The number of rotatable bonds is 6. The standard InChI is InChI=1S/C26H32FN7/c1-3-31(2)25-23-19-32(18-20-8-11-28-12-9-20)13-10-24(23)29-26(30-25)34-16-14-33(15-17-34)22-6-4-21(27)5-7-22/h4-9,11-12H,3,10,13-19H2,1-2H3. The average Bonchev–Trinajstić information content (AvgIpc) is 2.89. The van der Waals surface area contributed by atoms with Crippen molar-refractivity contribution in [3.8, 4) is 0 Å². The van der Waals surface area contributed by atoms with E-state index in [1.807, 2.05) is 24.5 Å². The molecule has 0 atom stereocenters. The quantitative estimate of drug-likeness (QED) is 0.558. The predicted octanol–water partition coefficient (Wildman–Crippen LogP) is 3.35. The topological polar surface area (TPSA) is 51.6 Å². The van der Waals surface area contributed by atoms with E-state index in [0.29, 0.717) is 0 Å².